The second-order valence-electron chi connectivity index (χ2n) is 3.28. The maximum Gasteiger partial charge on any atom is 0.232 e. The Morgan fingerprint density at radius 3 is 2.62 bits per heavy atom. The monoisotopic (exact) mass is 223 g/mol. The van der Waals surface area contributed by atoms with E-state index in [1.807, 2.05) is 0 Å². The molecule has 0 aromatic heterocycles. The van der Waals surface area contributed by atoms with Gasteiger partial charge in [-0.15, -0.1) is 0 Å². The predicted molar refractivity (Wildman–Crippen MR) is 53.6 cm³/mol. The maximum atomic E-state index is 11.1. The third kappa shape index (κ3) is 3.19. The Labute approximate surface area is 83.4 Å². The first-order chi connectivity index (χ1) is 5.91. The molecule has 0 aromatic carbocycles. The van der Waals surface area contributed by atoms with Gasteiger partial charge in [0.2, 0.25) is 5.91 Å². The van der Waals surface area contributed by atoms with Gasteiger partial charge in [-0.05, 0) is 13.3 Å². The van der Waals surface area contributed by atoms with Crippen molar-refractivity contribution in [3.05, 3.63) is 0 Å². The first-order valence-electron chi connectivity index (χ1n) is 4.09. The third-order valence-corrected chi connectivity index (χ3v) is 3.96. The highest BCUT2D eigenvalue weighted by Crippen LogP contribution is 2.11. The number of nitrogens with one attached hydrogen (secondary N) is 1. The summed E-state index contributed by atoms with van der Waals surface area (Å²) in [5.41, 5.74) is 0. The van der Waals surface area contributed by atoms with Gasteiger partial charge in [-0.3, -0.25) is 4.79 Å². The van der Waals surface area contributed by atoms with Gasteiger partial charge in [0.15, 0.2) is 9.84 Å². The average molecular weight is 223 g/mol. The van der Waals surface area contributed by atoms with Gasteiger partial charge in [-0.1, -0.05) is 0 Å². The lowest BCUT2D eigenvalue weighted by Crippen LogP contribution is -2.39. The van der Waals surface area contributed by atoms with Crippen LogP contribution in [0.25, 0.3) is 0 Å². The summed E-state index contributed by atoms with van der Waals surface area (Å²) in [4.78, 5) is 11.1. The van der Waals surface area contributed by atoms with E-state index < -0.39 is 9.84 Å². The van der Waals surface area contributed by atoms with E-state index in [1.165, 1.54) is 0 Å². The largest absolute Gasteiger partial charge is 0.351 e. The zero-order valence-electron chi connectivity index (χ0n) is 7.36. The lowest BCUT2D eigenvalue weighted by atomic mass is 10.2. The van der Waals surface area contributed by atoms with Gasteiger partial charge in [-0.2, -0.15) is 12.6 Å². The molecule has 1 aliphatic rings. The molecule has 1 N–H and O–H groups in total. The molecule has 1 saturated heterocycles. The van der Waals surface area contributed by atoms with Gasteiger partial charge in [0, 0.05) is 6.04 Å². The SMILES string of the molecule is CC(S)C(=O)NC1CCS(=O)(=O)C1. The smallest absolute Gasteiger partial charge is 0.232 e. The van der Waals surface area contributed by atoms with Crippen LogP contribution in [0.15, 0.2) is 0 Å². The van der Waals surface area contributed by atoms with Crippen molar-refractivity contribution in [2.24, 2.45) is 0 Å². The maximum absolute atomic E-state index is 11.1. The standard InChI is InChI=1S/C7H13NO3S2/c1-5(12)7(9)8-6-2-3-13(10,11)4-6/h5-6,12H,2-4H2,1H3,(H,8,9). The molecule has 0 saturated carbocycles. The van der Waals surface area contributed by atoms with Crippen LogP contribution in [0.2, 0.25) is 0 Å². The number of sulfone groups is 1. The van der Waals surface area contributed by atoms with Crippen LogP contribution in [0.1, 0.15) is 13.3 Å². The first kappa shape index (κ1) is 10.8. The molecule has 0 aliphatic carbocycles. The van der Waals surface area contributed by atoms with Crippen molar-refractivity contribution in [3.63, 3.8) is 0 Å². The fourth-order valence-corrected chi connectivity index (χ4v) is 2.98. The summed E-state index contributed by atoms with van der Waals surface area (Å²) >= 11 is 3.95. The Balaban J connectivity index is 2.46. The molecule has 1 amide bonds. The van der Waals surface area contributed by atoms with Gasteiger partial charge < -0.3 is 5.32 Å². The first-order valence-corrected chi connectivity index (χ1v) is 6.43. The topological polar surface area (TPSA) is 63.2 Å². The van der Waals surface area contributed by atoms with E-state index in [0.29, 0.717) is 6.42 Å². The molecule has 2 atom stereocenters. The Morgan fingerprint density at radius 1 is 1.62 bits per heavy atom. The summed E-state index contributed by atoms with van der Waals surface area (Å²) in [6.07, 6.45) is 0.522. The minimum absolute atomic E-state index is 0.0687. The lowest BCUT2D eigenvalue weighted by molar-refractivity contribution is -0.120. The zero-order valence-corrected chi connectivity index (χ0v) is 9.07. The average Bonchev–Trinajstić information content (AvgIpc) is 2.30. The molecular formula is C7H13NO3S2. The van der Waals surface area contributed by atoms with Crippen molar-refractivity contribution < 1.29 is 13.2 Å². The molecule has 0 spiro atoms. The molecule has 0 bridgehead atoms. The van der Waals surface area contributed by atoms with Crippen LogP contribution in [0, 0.1) is 0 Å². The minimum Gasteiger partial charge on any atom is -0.351 e. The van der Waals surface area contributed by atoms with E-state index in [1.54, 1.807) is 6.92 Å². The van der Waals surface area contributed by atoms with Crippen LogP contribution in [-0.4, -0.2) is 37.1 Å². The summed E-state index contributed by atoms with van der Waals surface area (Å²) in [7, 11) is -2.91. The van der Waals surface area contributed by atoms with Gasteiger partial charge in [0.05, 0.1) is 16.8 Å². The summed E-state index contributed by atoms with van der Waals surface area (Å²) in [5, 5.41) is 2.25. The van der Waals surface area contributed by atoms with Crippen molar-refractivity contribution in [1.29, 1.82) is 0 Å². The van der Waals surface area contributed by atoms with Gasteiger partial charge >= 0.3 is 0 Å². The number of hydrogen-bond donors (Lipinski definition) is 2. The molecule has 13 heavy (non-hydrogen) atoms. The number of amides is 1. The molecule has 6 heteroatoms. The summed E-state index contributed by atoms with van der Waals surface area (Å²) in [6.45, 7) is 1.65. The molecule has 0 radical (unpaired) electrons. The number of hydrogen-bond acceptors (Lipinski definition) is 4. The third-order valence-electron chi connectivity index (χ3n) is 1.96. The molecule has 1 aliphatic heterocycles. The molecule has 2 unspecified atom stereocenters. The van der Waals surface area contributed by atoms with Crippen molar-refractivity contribution in [1.82, 2.24) is 5.32 Å². The normalized spacial score (nSPS) is 28.3. The quantitative estimate of drug-likeness (QED) is 0.627. The van der Waals surface area contributed by atoms with Crippen LogP contribution in [0.4, 0.5) is 0 Å². The van der Waals surface area contributed by atoms with Gasteiger partial charge in [-0.25, -0.2) is 8.42 Å². The highest BCUT2D eigenvalue weighted by molar-refractivity contribution is 7.91. The van der Waals surface area contributed by atoms with E-state index in [4.69, 9.17) is 0 Å². The second-order valence-corrected chi connectivity index (χ2v) is 6.29. The summed E-state index contributed by atoms with van der Waals surface area (Å²) < 4.78 is 22.0. The number of thiol groups is 1. The highest BCUT2D eigenvalue weighted by atomic mass is 32.2. The van der Waals surface area contributed by atoms with E-state index in [0.717, 1.165) is 0 Å². The van der Waals surface area contributed by atoms with Crippen molar-refractivity contribution in [2.75, 3.05) is 11.5 Å². The second kappa shape index (κ2) is 3.88. The number of rotatable bonds is 2. The molecule has 4 nitrogen and oxygen atoms in total. The summed E-state index contributed by atoms with van der Waals surface area (Å²) in [6, 6.07) is -0.216. The van der Waals surface area contributed by atoms with Crippen molar-refractivity contribution in [3.8, 4) is 0 Å². The minimum atomic E-state index is -2.91. The van der Waals surface area contributed by atoms with E-state index in [9.17, 15) is 13.2 Å². The Morgan fingerprint density at radius 2 is 2.23 bits per heavy atom. The van der Waals surface area contributed by atoms with Crippen molar-refractivity contribution >= 4 is 28.4 Å². The van der Waals surface area contributed by atoms with Crippen molar-refractivity contribution in [2.45, 2.75) is 24.6 Å². The van der Waals surface area contributed by atoms with Crippen LogP contribution < -0.4 is 5.32 Å². The number of carbonyl (C=O) groups excluding carboxylic acids is 1. The van der Waals surface area contributed by atoms with E-state index in [-0.39, 0.29) is 28.7 Å². The molecule has 1 fully saturated rings. The molecular weight excluding hydrogens is 210 g/mol. The Hall–Kier alpha value is -0.230. The molecule has 0 aromatic rings. The Kier molecular flexibility index (Phi) is 3.23. The van der Waals surface area contributed by atoms with Gasteiger partial charge in [0.25, 0.3) is 0 Å². The van der Waals surface area contributed by atoms with E-state index in [2.05, 4.69) is 17.9 Å². The van der Waals surface area contributed by atoms with Crippen LogP contribution in [-0.2, 0) is 14.6 Å². The molecule has 1 rings (SSSR count). The lowest BCUT2D eigenvalue weighted by Gasteiger charge is -2.11. The van der Waals surface area contributed by atoms with Crippen LogP contribution in [0.3, 0.4) is 0 Å². The van der Waals surface area contributed by atoms with Gasteiger partial charge in [0.1, 0.15) is 0 Å². The summed E-state index contributed by atoms with van der Waals surface area (Å²) in [5.74, 6) is 0.0448. The predicted octanol–water partition coefficient (Wildman–Crippen LogP) is -0.392. The Bertz CT molecular complexity index is 297. The fraction of sp³-hybridized carbons (Fsp3) is 0.857. The van der Waals surface area contributed by atoms with Crippen LogP contribution in [0.5, 0.6) is 0 Å². The fourth-order valence-electron chi connectivity index (χ4n) is 1.23. The molecule has 1 heterocycles. The highest BCUT2D eigenvalue weighted by Gasteiger charge is 2.29. The zero-order chi connectivity index (χ0) is 10.1. The van der Waals surface area contributed by atoms with E-state index >= 15 is 0 Å². The number of carbonyl (C=O) groups is 1. The molecule has 76 valence electrons. The van der Waals surface area contributed by atoms with Crippen LogP contribution >= 0.6 is 12.6 Å².